The minimum absolute atomic E-state index is 0.0940. The zero-order chi connectivity index (χ0) is 14.8. The van der Waals surface area contributed by atoms with Gasteiger partial charge in [-0.2, -0.15) is 0 Å². The fourth-order valence-corrected chi connectivity index (χ4v) is 3.72. The van der Waals surface area contributed by atoms with E-state index < -0.39 is 5.82 Å². The van der Waals surface area contributed by atoms with Crippen LogP contribution in [-0.4, -0.2) is 25.0 Å². The highest BCUT2D eigenvalue weighted by atomic mass is 19.1. The summed E-state index contributed by atoms with van der Waals surface area (Å²) in [4.78, 5) is 12.4. The summed E-state index contributed by atoms with van der Waals surface area (Å²) in [6.07, 6.45) is 5.96. The number of benzene rings is 1. The molecule has 1 aromatic rings. The molecule has 1 saturated carbocycles. The Morgan fingerprint density at radius 2 is 2.19 bits per heavy atom. The largest absolute Gasteiger partial charge is 0.494 e. The molecule has 2 aliphatic rings. The van der Waals surface area contributed by atoms with E-state index in [4.69, 9.17) is 4.74 Å². The van der Waals surface area contributed by atoms with E-state index in [0.29, 0.717) is 17.5 Å². The molecule has 1 aliphatic heterocycles. The fourth-order valence-electron chi connectivity index (χ4n) is 3.72. The second-order valence-corrected chi connectivity index (χ2v) is 6.18. The van der Waals surface area contributed by atoms with Crippen LogP contribution in [0.3, 0.4) is 0 Å². The maximum Gasteiger partial charge on any atom is 0.168 e. The van der Waals surface area contributed by atoms with Crippen LogP contribution in [0.1, 0.15) is 37.7 Å². The Morgan fingerprint density at radius 1 is 1.38 bits per heavy atom. The molecule has 0 bridgehead atoms. The van der Waals surface area contributed by atoms with Crippen LogP contribution in [0.2, 0.25) is 0 Å². The molecule has 3 rings (SSSR count). The van der Waals surface area contributed by atoms with Crippen molar-refractivity contribution in [2.75, 3.05) is 7.11 Å². The first-order valence-electron chi connectivity index (χ1n) is 7.79. The van der Waals surface area contributed by atoms with Gasteiger partial charge in [-0.15, -0.1) is 0 Å². The normalized spacial score (nSPS) is 28.2. The number of ketones is 1. The van der Waals surface area contributed by atoms with Gasteiger partial charge in [-0.1, -0.05) is 25.0 Å². The summed E-state index contributed by atoms with van der Waals surface area (Å²) in [5, 5.41) is 3.46. The zero-order valence-electron chi connectivity index (χ0n) is 12.4. The molecule has 3 nitrogen and oxygen atoms in total. The number of methoxy groups -OCH3 is 1. The molecule has 114 valence electrons. The second kappa shape index (κ2) is 6.14. The molecule has 3 atom stereocenters. The van der Waals surface area contributed by atoms with Crippen LogP contribution in [0.5, 0.6) is 5.75 Å². The van der Waals surface area contributed by atoms with Crippen molar-refractivity contribution in [3.63, 3.8) is 0 Å². The Hall–Kier alpha value is -1.42. The summed E-state index contributed by atoms with van der Waals surface area (Å²) in [5.74, 6) is 0.511. The Labute approximate surface area is 124 Å². The topological polar surface area (TPSA) is 38.3 Å². The average Bonchev–Trinajstić information content (AvgIpc) is 2.93. The third-order valence-corrected chi connectivity index (χ3v) is 4.88. The van der Waals surface area contributed by atoms with Crippen molar-refractivity contribution in [3.05, 3.63) is 29.6 Å². The summed E-state index contributed by atoms with van der Waals surface area (Å²) in [6, 6.07) is 5.35. The molecule has 1 heterocycles. The van der Waals surface area contributed by atoms with Gasteiger partial charge in [-0.05, 0) is 36.8 Å². The molecule has 3 unspecified atom stereocenters. The average molecular weight is 291 g/mol. The summed E-state index contributed by atoms with van der Waals surface area (Å²) in [5.41, 5.74) is 0.427. The maximum atomic E-state index is 14.1. The Balaban J connectivity index is 1.67. The molecule has 1 N–H and O–H groups in total. The third kappa shape index (κ3) is 2.95. The number of halogens is 1. The predicted octanol–water partition coefficient (Wildman–Crippen LogP) is 2.87. The molecule has 0 spiro atoms. The van der Waals surface area contributed by atoms with E-state index in [-0.39, 0.29) is 24.0 Å². The van der Waals surface area contributed by atoms with Gasteiger partial charge < -0.3 is 10.1 Å². The minimum atomic E-state index is -0.413. The number of fused-ring (bicyclic) bond motifs is 1. The number of carbonyl (C=O) groups is 1. The van der Waals surface area contributed by atoms with Gasteiger partial charge in [0.2, 0.25) is 0 Å². The fraction of sp³-hybridized carbons (Fsp3) is 0.588. The molecular formula is C17H22FNO2. The van der Waals surface area contributed by atoms with Gasteiger partial charge in [0.05, 0.1) is 13.2 Å². The summed E-state index contributed by atoms with van der Waals surface area (Å²) in [6.45, 7) is 0. The number of rotatable bonds is 4. The van der Waals surface area contributed by atoms with Crippen LogP contribution < -0.4 is 10.1 Å². The Bertz CT molecular complexity index is 518. The number of hydrogen-bond donors (Lipinski definition) is 1. The van der Waals surface area contributed by atoms with Gasteiger partial charge >= 0.3 is 0 Å². The van der Waals surface area contributed by atoms with Crippen molar-refractivity contribution in [2.24, 2.45) is 5.92 Å². The van der Waals surface area contributed by atoms with E-state index in [9.17, 15) is 9.18 Å². The van der Waals surface area contributed by atoms with Gasteiger partial charge in [0, 0.05) is 12.5 Å². The highest BCUT2D eigenvalue weighted by molar-refractivity contribution is 5.86. The summed E-state index contributed by atoms with van der Waals surface area (Å²) >= 11 is 0. The lowest BCUT2D eigenvalue weighted by Gasteiger charge is -2.24. The zero-order valence-corrected chi connectivity index (χ0v) is 12.4. The molecule has 1 aliphatic carbocycles. The highest BCUT2D eigenvalue weighted by Gasteiger charge is 2.38. The molecule has 2 fully saturated rings. The lowest BCUT2D eigenvalue weighted by atomic mass is 9.84. The molecule has 0 radical (unpaired) electrons. The van der Waals surface area contributed by atoms with Crippen molar-refractivity contribution in [1.82, 2.24) is 5.32 Å². The molecule has 1 aromatic carbocycles. The van der Waals surface area contributed by atoms with E-state index in [1.54, 1.807) is 18.2 Å². The molecule has 4 heteroatoms. The number of hydrogen-bond acceptors (Lipinski definition) is 3. The van der Waals surface area contributed by atoms with Crippen LogP contribution in [-0.2, 0) is 11.2 Å². The first-order chi connectivity index (χ1) is 10.2. The van der Waals surface area contributed by atoms with E-state index in [1.165, 1.54) is 32.8 Å². The van der Waals surface area contributed by atoms with Crippen LogP contribution in [0.4, 0.5) is 4.39 Å². The van der Waals surface area contributed by atoms with Crippen molar-refractivity contribution in [1.29, 1.82) is 0 Å². The van der Waals surface area contributed by atoms with E-state index >= 15 is 0 Å². The molecular weight excluding hydrogens is 269 g/mol. The highest BCUT2D eigenvalue weighted by Crippen LogP contribution is 2.34. The van der Waals surface area contributed by atoms with Gasteiger partial charge in [0.25, 0.3) is 0 Å². The van der Waals surface area contributed by atoms with E-state index in [0.717, 1.165) is 6.42 Å². The summed E-state index contributed by atoms with van der Waals surface area (Å²) in [7, 11) is 1.44. The standard InChI is InChI=1S/C17H22FNO2/c1-21-16-8-4-6-12(17(16)18)10-15(20)14-9-11-5-2-3-7-13(11)19-14/h4,6,8,11,13-14,19H,2-3,5,7,9-10H2,1H3. The van der Waals surface area contributed by atoms with Crippen LogP contribution >= 0.6 is 0 Å². The smallest absolute Gasteiger partial charge is 0.168 e. The van der Waals surface area contributed by atoms with Gasteiger partial charge in [-0.3, -0.25) is 4.79 Å². The van der Waals surface area contributed by atoms with E-state index in [1.807, 2.05) is 0 Å². The molecule has 0 aromatic heterocycles. The second-order valence-electron chi connectivity index (χ2n) is 6.18. The SMILES string of the molecule is COc1cccc(CC(=O)C2CC3CCCCC3N2)c1F. The summed E-state index contributed by atoms with van der Waals surface area (Å²) < 4.78 is 19.1. The van der Waals surface area contributed by atoms with Gasteiger partial charge in [-0.25, -0.2) is 4.39 Å². The monoisotopic (exact) mass is 291 g/mol. The van der Waals surface area contributed by atoms with Crippen LogP contribution in [0.25, 0.3) is 0 Å². The number of Topliss-reactive ketones (excluding diaryl/α,β-unsaturated/α-hetero) is 1. The molecule has 1 saturated heterocycles. The van der Waals surface area contributed by atoms with E-state index in [2.05, 4.69) is 5.32 Å². The third-order valence-electron chi connectivity index (χ3n) is 4.88. The first-order valence-corrected chi connectivity index (χ1v) is 7.79. The van der Waals surface area contributed by atoms with Gasteiger partial charge in [0.1, 0.15) is 0 Å². The van der Waals surface area contributed by atoms with Crippen molar-refractivity contribution < 1.29 is 13.9 Å². The number of nitrogens with one attached hydrogen (secondary N) is 1. The first kappa shape index (κ1) is 14.5. The number of carbonyl (C=O) groups excluding carboxylic acids is 1. The number of ether oxygens (including phenoxy) is 1. The lowest BCUT2D eigenvalue weighted by Crippen LogP contribution is -2.37. The van der Waals surface area contributed by atoms with Crippen molar-refractivity contribution in [2.45, 2.75) is 50.6 Å². The Morgan fingerprint density at radius 3 is 2.95 bits per heavy atom. The lowest BCUT2D eigenvalue weighted by molar-refractivity contribution is -0.120. The van der Waals surface area contributed by atoms with Gasteiger partial charge in [0.15, 0.2) is 17.3 Å². The quantitative estimate of drug-likeness (QED) is 0.927. The van der Waals surface area contributed by atoms with Crippen LogP contribution in [0, 0.1) is 11.7 Å². The predicted molar refractivity (Wildman–Crippen MR) is 78.9 cm³/mol. The van der Waals surface area contributed by atoms with Crippen molar-refractivity contribution in [3.8, 4) is 5.75 Å². The molecule has 21 heavy (non-hydrogen) atoms. The Kier molecular flexibility index (Phi) is 4.24. The van der Waals surface area contributed by atoms with Crippen molar-refractivity contribution >= 4 is 5.78 Å². The minimum Gasteiger partial charge on any atom is -0.494 e. The van der Waals surface area contributed by atoms with Crippen LogP contribution in [0.15, 0.2) is 18.2 Å². The molecule has 0 amide bonds. The maximum absolute atomic E-state index is 14.1.